The number of anilines is 2. The maximum absolute atomic E-state index is 10.6. The van der Waals surface area contributed by atoms with Crippen LogP contribution in [0.4, 0.5) is 11.6 Å². The van der Waals surface area contributed by atoms with Crippen molar-refractivity contribution in [3.05, 3.63) is 42.9 Å². The molecule has 8 heteroatoms. The van der Waals surface area contributed by atoms with Crippen LogP contribution >= 0.6 is 0 Å². The Kier molecular flexibility index (Phi) is 5.13. The zero-order valence-corrected chi connectivity index (χ0v) is 18.8. The van der Waals surface area contributed by atoms with E-state index in [-0.39, 0.29) is 16.8 Å². The predicted molar refractivity (Wildman–Crippen MR) is 123 cm³/mol. The number of nitrogens with zero attached hydrogens (tertiary/aromatic N) is 5. The minimum atomic E-state index is 0.0564. The molecule has 0 amide bonds. The predicted octanol–water partition coefficient (Wildman–Crippen LogP) is 3.36. The first-order chi connectivity index (χ1) is 14.5. The first-order valence-electron chi connectivity index (χ1n) is 10.5. The zero-order valence-electron chi connectivity index (χ0n) is 18.8. The Morgan fingerprint density at radius 3 is 2.35 bits per heavy atom. The van der Waals surface area contributed by atoms with Crippen LogP contribution in [0.15, 0.2) is 42.9 Å². The van der Waals surface area contributed by atoms with E-state index < -0.39 is 0 Å². The molecule has 3 aromatic rings. The van der Waals surface area contributed by atoms with Crippen molar-refractivity contribution in [2.24, 2.45) is 0 Å². The van der Waals surface area contributed by atoms with Gasteiger partial charge in [0.05, 0.1) is 23.8 Å². The molecule has 31 heavy (non-hydrogen) atoms. The molecule has 4 rings (SSSR count). The lowest BCUT2D eigenvalue weighted by atomic mass is 9.79. The molecule has 0 radical (unpaired) electrons. The van der Waals surface area contributed by atoms with E-state index in [0.29, 0.717) is 23.1 Å². The number of nitrogens with one attached hydrogen (secondary N) is 1. The Labute approximate surface area is 183 Å². The van der Waals surface area contributed by atoms with E-state index >= 15 is 0 Å². The molecule has 8 nitrogen and oxygen atoms in total. The fraction of sp³-hybridized carbons (Fsp3) is 0.435. The van der Waals surface area contributed by atoms with Crippen molar-refractivity contribution < 1.29 is 5.11 Å². The molecule has 0 spiro atoms. The smallest absolute Gasteiger partial charge is 0.147 e. The molecule has 4 N–H and O–H groups in total. The lowest BCUT2D eigenvalue weighted by Gasteiger charge is -2.49. The van der Waals surface area contributed by atoms with Gasteiger partial charge in [0.1, 0.15) is 17.4 Å². The summed E-state index contributed by atoms with van der Waals surface area (Å²) in [6.45, 7) is 8.97. The molecule has 0 bridgehead atoms. The summed E-state index contributed by atoms with van der Waals surface area (Å²) in [6.07, 6.45) is 7.29. The highest BCUT2D eigenvalue weighted by atomic mass is 16.3. The topological polar surface area (TPSA) is 105 Å². The normalized spacial score (nSPS) is 18.1. The Hall–Kier alpha value is -3.13. The molecule has 164 valence electrons. The van der Waals surface area contributed by atoms with Gasteiger partial charge in [-0.2, -0.15) is 5.10 Å². The number of nitrogen functional groups attached to an aromatic ring is 1. The molecular formula is C23H31N7O. The van der Waals surface area contributed by atoms with Crippen LogP contribution in [0, 0.1) is 0 Å². The maximum atomic E-state index is 10.6. The lowest BCUT2D eigenvalue weighted by Crippen LogP contribution is -2.62. The Morgan fingerprint density at radius 2 is 1.81 bits per heavy atom. The molecule has 1 aromatic carbocycles. The lowest BCUT2D eigenvalue weighted by molar-refractivity contribution is 0.160. The van der Waals surface area contributed by atoms with Crippen LogP contribution in [0.1, 0.15) is 40.5 Å². The molecule has 2 aromatic heterocycles. The summed E-state index contributed by atoms with van der Waals surface area (Å²) < 4.78 is 1.62. The molecule has 0 saturated carbocycles. The van der Waals surface area contributed by atoms with Gasteiger partial charge in [0.15, 0.2) is 0 Å². The number of nitrogens with two attached hydrogens (primary N) is 1. The maximum Gasteiger partial charge on any atom is 0.147 e. The van der Waals surface area contributed by atoms with Crippen molar-refractivity contribution in [1.82, 2.24) is 25.1 Å². The quantitative estimate of drug-likeness (QED) is 0.593. The molecule has 0 atom stereocenters. The molecule has 1 fully saturated rings. The summed E-state index contributed by atoms with van der Waals surface area (Å²) in [7, 11) is 2.08. The van der Waals surface area contributed by atoms with Gasteiger partial charge in [-0.3, -0.25) is 4.98 Å². The number of phenolic OH excluding ortho intramolecular Hbond substituents is 1. The molecule has 0 aliphatic carbocycles. The SMILES string of the molecule is CN(c1cnc(-c2ccc(-n3ccc(N)n3)cc2O)cn1)C1CC(C)(C)NC(C)(C)C1. The number of piperidine rings is 1. The molecule has 1 aliphatic heterocycles. The second-order valence-electron chi connectivity index (χ2n) is 9.71. The highest BCUT2D eigenvalue weighted by molar-refractivity contribution is 5.68. The van der Waals surface area contributed by atoms with E-state index in [4.69, 9.17) is 5.73 Å². The van der Waals surface area contributed by atoms with Gasteiger partial charge in [0.25, 0.3) is 0 Å². The van der Waals surface area contributed by atoms with Crippen molar-refractivity contribution in [2.75, 3.05) is 17.7 Å². The third kappa shape index (κ3) is 4.49. The van der Waals surface area contributed by atoms with Crippen LogP contribution in [-0.4, -0.2) is 49.0 Å². The minimum Gasteiger partial charge on any atom is -0.507 e. The number of hydrogen-bond donors (Lipinski definition) is 3. The Balaban J connectivity index is 1.54. The fourth-order valence-corrected chi connectivity index (χ4v) is 4.73. The van der Waals surface area contributed by atoms with E-state index in [1.807, 2.05) is 12.1 Å². The average molecular weight is 422 g/mol. The largest absolute Gasteiger partial charge is 0.507 e. The van der Waals surface area contributed by atoms with Crippen LogP contribution in [0.3, 0.4) is 0 Å². The van der Waals surface area contributed by atoms with Crippen LogP contribution < -0.4 is 16.0 Å². The summed E-state index contributed by atoms with van der Waals surface area (Å²) in [6, 6.07) is 7.38. The van der Waals surface area contributed by atoms with Gasteiger partial charge in [-0.1, -0.05) is 0 Å². The molecule has 3 heterocycles. The van der Waals surface area contributed by atoms with Crippen molar-refractivity contribution >= 4 is 11.6 Å². The number of phenols is 1. The Bertz CT molecular complexity index is 1060. The standard InChI is InChI=1S/C23H31N7O/c1-22(2)11-16(12-23(3,4)28-22)29(5)21-14-25-18(13-26-21)17-7-6-15(10-19(17)31)30-9-8-20(24)27-30/h6-10,13-14,16,28,31H,11-12H2,1-5H3,(H2,24,27). The molecular weight excluding hydrogens is 390 g/mol. The van der Waals surface area contributed by atoms with Crippen molar-refractivity contribution in [1.29, 1.82) is 0 Å². The van der Waals surface area contributed by atoms with E-state index in [1.54, 1.807) is 35.4 Å². The fourth-order valence-electron chi connectivity index (χ4n) is 4.73. The van der Waals surface area contributed by atoms with Gasteiger partial charge in [0, 0.05) is 48.1 Å². The van der Waals surface area contributed by atoms with Crippen LogP contribution in [0.25, 0.3) is 16.9 Å². The van der Waals surface area contributed by atoms with E-state index in [2.05, 4.69) is 60.0 Å². The first kappa shape index (κ1) is 21.1. The monoisotopic (exact) mass is 421 g/mol. The third-order valence-corrected chi connectivity index (χ3v) is 5.85. The summed E-state index contributed by atoms with van der Waals surface area (Å²) in [5.74, 6) is 1.36. The summed E-state index contributed by atoms with van der Waals surface area (Å²) in [5.41, 5.74) is 7.75. The van der Waals surface area contributed by atoms with Gasteiger partial charge in [-0.25, -0.2) is 9.67 Å². The summed E-state index contributed by atoms with van der Waals surface area (Å²) in [5, 5.41) is 18.4. The molecule has 1 saturated heterocycles. The summed E-state index contributed by atoms with van der Waals surface area (Å²) in [4.78, 5) is 11.4. The van der Waals surface area contributed by atoms with Crippen LogP contribution in [0.5, 0.6) is 5.75 Å². The second kappa shape index (κ2) is 7.53. The van der Waals surface area contributed by atoms with Crippen molar-refractivity contribution in [3.8, 4) is 22.7 Å². The van der Waals surface area contributed by atoms with Gasteiger partial charge in [-0.05, 0) is 52.7 Å². The van der Waals surface area contributed by atoms with Crippen molar-refractivity contribution in [3.63, 3.8) is 0 Å². The number of rotatable bonds is 4. The minimum absolute atomic E-state index is 0.0564. The van der Waals surface area contributed by atoms with Gasteiger partial charge in [0.2, 0.25) is 0 Å². The van der Waals surface area contributed by atoms with Crippen molar-refractivity contribution in [2.45, 2.75) is 57.7 Å². The van der Waals surface area contributed by atoms with E-state index in [0.717, 1.165) is 24.3 Å². The summed E-state index contributed by atoms with van der Waals surface area (Å²) >= 11 is 0. The second-order valence-corrected chi connectivity index (χ2v) is 9.71. The number of benzene rings is 1. The molecule has 0 unspecified atom stereocenters. The van der Waals surface area contributed by atoms with Crippen LogP contribution in [-0.2, 0) is 0 Å². The average Bonchev–Trinajstić information content (AvgIpc) is 3.11. The number of aromatic hydroxyl groups is 1. The first-order valence-corrected chi connectivity index (χ1v) is 10.5. The highest BCUT2D eigenvalue weighted by Crippen LogP contribution is 2.33. The third-order valence-electron chi connectivity index (χ3n) is 5.85. The number of aromatic nitrogens is 4. The van der Waals surface area contributed by atoms with Gasteiger partial charge >= 0.3 is 0 Å². The van der Waals surface area contributed by atoms with Crippen LogP contribution in [0.2, 0.25) is 0 Å². The van der Waals surface area contributed by atoms with Gasteiger partial charge in [-0.15, -0.1) is 0 Å². The Morgan fingerprint density at radius 1 is 1.10 bits per heavy atom. The van der Waals surface area contributed by atoms with E-state index in [1.165, 1.54) is 0 Å². The van der Waals surface area contributed by atoms with E-state index in [9.17, 15) is 5.11 Å². The highest BCUT2D eigenvalue weighted by Gasteiger charge is 2.39. The molecule has 1 aliphatic rings. The zero-order chi connectivity index (χ0) is 22.4. The number of hydrogen-bond acceptors (Lipinski definition) is 7. The van der Waals surface area contributed by atoms with Gasteiger partial charge < -0.3 is 21.1 Å².